The van der Waals surface area contributed by atoms with Gasteiger partial charge >= 0.3 is 0 Å². The lowest BCUT2D eigenvalue weighted by atomic mass is 9.68. The summed E-state index contributed by atoms with van der Waals surface area (Å²) < 4.78 is 27.4. The van der Waals surface area contributed by atoms with Crippen LogP contribution in [0, 0.1) is 56.7 Å². The molecule has 0 radical (unpaired) electrons. The Bertz CT molecular complexity index is 1540. The number of hydrogen-bond acceptors (Lipinski definition) is 11. The van der Waals surface area contributed by atoms with Crippen molar-refractivity contribution in [2.45, 2.75) is 281 Å². The number of nitrogens with one attached hydrogen (secondary N) is 1. The van der Waals surface area contributed by atoms with Gasteiger partial charge in [0.2, 0.25) is 0 Å². The van der Waals surface area contributed by atoms with E-state index in [-0.39, 0.29) is 5.41 Å². The average molecular weight is 1130 g/mol. The minimum Gasteiger partial charge on any atom is -0.381 e. The van der Waals surface area contributed by atoms with Crippen molar-refractivity contribution in [1.29, 1.82) is 5.26 Å². The normalized spacial score (nSPS) is 29.4. The summed E-state index contributed by atoms with van der Waals surface area (Å²) in [5, 5.41) is 12.5. The standard InChI is InChI=1S/C13H25N.C11H22N2.C11H21NO.C9H17NO.C9H15NO.2C8H16O/c1-12(2)14-10-8-13(9-11-14)6-4-3-5-7-13;1-10(2)13-7-4-11(5-8-13)3-6-12-9-11;1-10(2)12-6-3-11(4-7-12)5-8-13-9-11;1-7(2)10-5-8-3-4-9(6-10)11-8;1-8(2)9(7-10)3-5-11-6-4-9;1-7(2)8-4-3-5-9-6-8;1-7(2)8-5-3-4-6-9-8/h12H,3-11H2,1-2H3;10,12H,3-9H2,1-2H3;10H,3-9H2,1-2H3;7-9H,3-6H2,1-2H3;8H,3-6H2,1-2H3;2*7-8H,3-6H2,1-2H3. The number of nitriles is 1. The molecule has 10 aliphatic heterocycles. The summed E-state index contributed by atoms with van der Waals surface area (Å²) >= 11 is 0. The first kappa shape index (κ1) is 69.9. The Kier molecular flexibility index (Phi) is 31.1. The van der Waals surface area contributed by atoms with Gasteiger partial charge in [0.25, 0.3) is 0 Å². The zero-order chi connectivity index (χ0) is 58.2. The molecule has 0 aromatic carbocycles. The van der Waals surface area contributed by atoms with Gasteiger partial charge in [-0.25, -0.2) is 0 Å². The molecular formula is C69H132N6O5. The van der Waals surface area contributed by atoms with Crippen LogP contribution in [-0.2, 0) is 23.7 Å². The van der Waals surface area contributed by atoms with Crippen molar-refractivity contribution in [1.82, 2.24) is 24.9 Å². The first-order chi connectivity index (χ1) is 38.2. The van der Waals surface area contributed by atoms with Gasteiger partial charge in [0.1, 0.15) is 0 Å². The number of nitrogens with zero attached hydrogens (tertiary/aromatic N) is 5. The maximum absolute atomic E-state index is 9.01. The highest BCUT2D eigenvalue weighted by Gasteiger charge is 2.40. The van der Waals surface area contributed by atoms with Gasteiger partial charge in [-0.1, -0.05) is 60.8 Å². The smallest absolute Gasteiger partial charge is 0.0707 e. The topological polar surface area (TPSA) is 94.9 Å². The third-order valence-electron chi connectivity index (χ3n) is 21.8. The molecule has 11 nitrogen and oxygen atoms in total. The Balaban J connectivity index is 0.000000172. The van der Waals surface area contributed by atoms with E-state index in [1.54, 1.807) is 0 Å². The number of morpholine rings is 1. The van der Waals surface area contributed by atoms with Crippen LogP contribution in [0.4, 0.5) is 0 Å². The van der Waals surface area contributed by atoms with Crippen LogP contribution in [0.15, 0.2) is 0 Å². The van der Waals surface area contributed by atoms with Crippen LogP contribution in [0.5, 0.6) is 0 Å². The van der Waals surface area contributed by atoms with E-state index in [0.29, 0.717) is 47.0 Å². The highest BCUT2D eigenvalue weighted by atomic mass is 16.5. The van der Waals surface area contributed by atoms with Crippen LogP contribution < -0.4 is 5.32 Å². The van der Waals surface area contributed by atoms with E-state index in [9.17, 15) is 0 Å². The number of piperidine rings is 3. The predicted molar refractivity (Wildman–Crippen MR) is 335 cm³/mol. The van der Waals surface area contributed by atoms with Crippen molar-refractivity contribution in [3.8, 4) is 6.07 Å². The Morgan fingerprint density at radius 1 is 0.450 bits per heavy atom. The zero-order valence-electron chi connectivity index (χ0n) is 55.2. The second-order valence-corrected chi connectivity index (χ2v) is 29.6. The monoisotopic (exact) mass is 1130 g/mol. The summed E-state index contributed by atoms with van der Waals surface area (Å²) in [6.07, 6.45) is 31.3. The van der Waals surface area contributed by atoms with Crippen molar-refractivity contribution in [2.24, 2.45) is 45.3 Å². The Hall–Kier alpha value is -0.910. The van der Waals surface area contributed by atoms with Crippen LogP contribution in [0.2, 0.25) is 0 Å². The van der Waals surface area contributed by atoms with E-state index >= 15 is 0 Å². The lowest BCUT2D eigenvalue weighted by Crippen LogP contribution is -2.45. The SMILES string of the molecule is CC(C)C1(C#N)CCOCC1.CC(C)C1CCCCO1.CC(C)C1CCCOC1.CC(C)N1CC2CCC(C1)O2.CC(C)N1CCC2(CCCCC2)CC1.CC(C)N1CCC2(CCNC2)CC1.CC(C)N1CCC2(CCOC2)CC1. The van der Waals surface area contributed by atoms with E-state index in [4.69, 9.17) is 28.9 Å². The van der Waals surface area contributed by atoms with Crippen LogP contribution in [0.25, 0.3) is 0 Å². The summed E-state index contributed by atoms with van der Waals surface area (Å²) in [6.45, 7) is 50.9. The lowest BCUT2D eigenvalue weighted by Gasteiger charge is -2.45. The quantitative estimate of drug-likeness (QED) is 0.264. The molecule has 10 heterocycles. The highest BCUT2D eigenvalue weighted by molar-refractivity contribution is 5.02. The molecule has 2 bridgehead atoms. The van der Waals surface area contributed by atoms with Crippen LogP contribution in [0.3, 0.4) is 0 Å². The van der Waals surface area contributed by atoms with Crippen molar-refractivity contribution in [3.63, 3.8) is 0 Å². The van der Waals surface area contributed by atoms with Crippen molar-refractivity contribution < 1.29 is 23.7 Å². The minimum absolute atomic E-state index is 0.0990. The largest absolute Gasteiger partial charge is 0.381 e. The van der Waals surface area contributed by atoms with Gasteiger partial charge in [-0.2, -0.15) is 5.26 Å². The number of fused-ring (bicyclic) bond motifs is 2. The molecule has 468 valence electrons. The van der Waals surface area contributed by atoms with E-state index < -0.39 is 0 Å². The number of hydrogen-bond donors (Lipinski definition) is 1. The fourth-order valence-corrected chi connectivity index (χ4v) is 14.8. The number of ether oxygens (including phenoxy) is 5. The molecule has 11 rings (SSSR count). The van der Waals surface area contributed by atoms with E-state index in [2.05, 4.69) is 128 Å². The van der Waals surface area contributed by atoms with E-state index in [1.807, 2.05) is 0 Å². The summed E-state index contributed by atoms with van der Waals surface area (Å²) in [7, 11) is 0. The molecule has 11 fully saturated rings. The van der Waals surface area contributed by atoms with Crippen molar-refractivity contribution in [3.05, 3.63) is 0 Å². The first-order valence-electron chi connectivity index (χ1n) is 34.3. The summed E-state index contributed by atoms with van der Waals surface area (Å²) in [4.78, 5) is 10.4. The van der Waals surface area contributed by atoms with Crippen molar-refractivity contribution >= 4 is 0 Å². The molecule has 1 aliphatic carbocycles. The molecule has 11 heteroatoms. The molecular weight excluding hydrogens is 993 g/mol. The zero-order valence-corrected chi connectivity index (χ0v) is 55.2. The summed E-state index contributed by atoms with van der Waals surface area (Å²) in [6, 6.07) is 5.36. The molecule has 1 saturated carbocycles. The third kappa shape index (κ3) is 23.1. The second-order valence-electron chi connectivity index (χ2n) is 29.6. The van der Waals surface area contributed by atoms with Gasteiger partial charge < -0.3 is 43.7 Å². The first-order valence-corrected chi connectivity index (χ1v) is 34.3. The Morgan fingerprint density at radius 3 is 1.34 bits per heavy atom. The van der Waals surface area contributed by atoms with Crippen LogP contribution in [0.1, 0.15) is 238 Å². The number of rotatable bonds is 7. The summed E-state index contributed by atoms with van der Waals surface area (Å²) in [5.41, 5.74) is 1.94. The van der Waals surface area contributed by atoms with Gasteiger partial charge in [-0.3, -0.25) is 4.90 Å². The van der Waals surface area contributed by atoms with Crippen LogP contribution >= 0.6 is 0 Å². The van der Waals surface area contributed by atoms with Crippen LogP contribution in [-0.4, -0.2) is 174 Å². The molecule has 0 aromatic heterocycles. The second kappa shape index (κ2) is 35.7. The summed E-state index contributed by atoms with van der Waals surface area (Å²) in [5.74, 6) is 2.81. The van der Waals surface area contributed by atoms with Gasteiger partial charge in [0.05, 0.1) is 36.4 Å². The molecule has 80 heavy (non-hydrogen) atoms. The third-order valence-corrected chi connectivity index (χ3v) is 21.8. The minimum atomic E-state index is -0.0990. The Morgan fingerprint density at radius 2 is 0.975 bits per heavy atom. The van der Waals surface area contributed by atoms with Crippen molar-refractivity contribution in [2.75, 3.05) is 112 Å². The fraction of sp³-hybridized carbons (Fsp3) is 0.986. The lowest BCUT2D eigenvalue weighted by molar-refractivity contribution is -0.0480. The van der Waals surface area contributed by atoms with E-state index in [1.165, 1.54) is 181 Å². The molecule has 4 atom stereocenters. The van der Waals surface area contributed by atoms with Gasteiger partial charge in [0.15, 0.2) is 0 Å². The molecule has 0 aromatic rings. The molecule has 11 aliphatic rings. The fourth-order valence-electron chi connectivity index (χ4n) is 14.8. The maximum Gasteiger partial charge on any atom is 0.0707 e. The Labute approximate surface area is 495 Å². The number of likely N-dealkylation sites (tertiary alicyclic amines) is 4. The van der Waals surface area contributed by atoms with Gasteiger partial charge in [0, 0.05) is 83.4 Å². The van der Waals surface area contributed by atoms with E-state index in [0.717, 1.165) is 108 Å². The highest BCUT2D eigenvalue weighted by Crippen LogP contribution is 2.45. The molecule has 1 N–H and O–H groups in total. The molecule has 3 spiro atoms. The predicted octanol–water partition coefficient (Wildman–Crippen LogP) is 14.3. The molecule has 0 amide bonds. The molecule has 10 saturated heterocycles. The van der Waals surface area contributed by atoms with Gasteiger partial charge in [-0.05, 0) is 263 Å². The van der Waals surface area contributed by atoms with Gasteiger partial charge in [-0.15, -0.1) is 0 Å². The average Bonchev–Trinajstić information content (AvgIpc) is 4.23. The maximum atomic E-state index is 9.01. The molecule has 4 unspecified atom stereocenters.